The van der Waals surface area contributed by atoms with Gasteiger partial charge in [0.05, 0.1) is 11.6 Å². The van der Waals surface area contributed by atoms with E-state index in [1.165, 1.54) is 9.63 Å². The van der Waals surface area contributed by atoms with Crippen molar-refractivity contribution in [1.82, 2.24) is 4.73 Å². The number of hydrogen-bond acceptors (Lipinski definition) is 5. The van der Waals surface area contributed by atoms with E-state index in [-0.39, 0.29) is 12.2 Å². The second-order valence-corrected chi connectivity index (χ2v) is 7.12. The van der Waals surface area contributed by atoms with E-state index < -0.39 is 6.10 Å². The fraction of sp³-hybridized carbons (Fsp3) is 0.250. The Labute approximate surface area is 156 Å². The van der Waals surface area contributed by atoms with Gasteiger partial charge in [-0.25, -0.2) is 0 Å². The van der Waals surface area contributed by atoms with Gasteiger partial charge in [-0.3, -0.25) is 4.79 Å². The Bertz CT molecular complexity index is 910. The molecule has 0 radical (unpaired) electrons. The number of benzene rings is 2. The number of aliphatic hydroxyl groups is 1. The smallest absolute Gasteiger partial charge is 0.306 e. The minimum atomic E-state index is -0.653. The summed E-state index contributed by atoms with van der Waals surface area (Å²) in [6, 6.07) is 19.5. The molecular formula is C20H22N2O3S. The highest BCUT2D eigenvalue weighted by Gasteiger charge is 2.11. The van der Waals surface area contributed by atoms with Crippen LogP contribution in [0.3, 0.4) is 0 Å². The Morgan fingerprint density at radius 2 is 1.88 bits per heavy atom. The second-order valence-electron chi connectivity index (χ2n) is 5.95. The molecule has 2 aromatic carbocycles. The molecule has 1 heterocycles. The van der Waals surface area contributed by atoms with Gasteiger partial charge in [0, 0.05) is 22.6 Å². The normalized spacial score (nSPS) is 12.1. The van der Waals surface area contributed by atoms with Crippen LogP contribution in [0.2, 0.25) is 0 Å². The molecule has 0 fully saturated rings. The highest BCUT2D eigenvalue weighted by atomic mass is 32.2. The number of para-hydroxylation sites is 1. The van der Waals surface area contributed by atoms with E-state index in [1.54, 1.807) is 18.7 Å². The van der Waals surface area contributed by atoms with Crippen molar-refractivity contribution >= 4 is 28.4 Å². The lowest BCUT2D eigenvalue weighted by Gasteiger charge is -2.15. The topological polar surface area (TPSA) is 63.5 Å². The molecule has 26 heavy (non-hydrogen) atoms. The minimum Gasteiger partial charge on any atom is -0.407 e. The molecule has 0 saturated heterocycles. The molecule has 2 N–H and O–H groups in total. The lowest BCUT2D eigenvalue weighted by atomic mass is 10.2. The summed E-state index contributed by atoms with van der Waals surface area (Å²) in [6.07, 6.45) is -0.653. The monoisotopic (exact) mass is 370 g/mol. The van der Waals surface area contributed by atoms with Gasteiger partial charge in [-0.2, -0.15) is 0 Å². The molecule has 3 aromatic rings. The van der Waals surface area contributed by atoms with Crippen LogP contribution in [0.4, 0.5) is 5.69 Å². The number of hydrogen-bond donors (Lipinski definition) is 2. The average molecular weight is 370 g/mol. The lowest BCUT2D eigenvalue weighted by molar-refractivity contribution is 0.0365. The van der Waals surface area contributed by atoms with Gasteiger partial charge in [0.2, 0.25) is 0 Å². The van der Waals surface area contributed by atoms with Crippen molar-refractivity contribution in [3.8, 4) is 0 Å². The van der Waals surface area contributed by atoms with E-state index in [0.29, 0.717) is 17.7 Å². The predicted octanol–water partition coefficient (Wildman–Crippen LogP) is 3.02. The molecular weight excluding hydrogens is 348 g/mol. The molecule has 0 bridgehead atoms. The Kier molecular flexibility index (Phi) is 6.20. The first-order valence-corrected chi connectivity index (χ1v) is 9.51. The van der Waals surface area contributed by atoms with Crippen LogP contribution in [0, 0.1) is 0 Å². The van der Waals surface area contributed by atoms with E-state index in [2.05, 4.69) is 17.4 Å². The molecule has 5 nitrogen and oxygen atoms in total. The maximum atomic E-state index is 12.7. The van der Waals surface area contributed by atoms with E-state index in [4.69, 9.17) is 4.84 Å². The number of rotatable bonds is 8. The molecule has 1 unspecified atom stereocenters. The molecule has 0 spiro atoms. The first kappa shape index (κ1) is 18.4. The third-order valence-corrected chi connectivity index (χ3v) is 4.76. The van der Waals surface area contributed by atoms with Gasteiger partial charge in [0.25, 0.3) is 0 Å². The first-order valence-electron chi connectivity index (χ1n) is 8.53. The van der Waals surface area contributed by atoms with Crippen molar-refractivity contribution in [1.29, 1.82) is 0 Å². The summed E-state index contributed by atoms with van der Waals surface area (Å²) < 4.78 is 1.26. The van der Waals surface area contributed by atoms with E-state index in [0.717, 1.165) is 11.1 Å². The van der Waals surface area contributed by atoms with Crippen molar-refractivity contribution in [2.24, 2.45) is 0 Å². The highest BCUT2D eigenvalue weighted by Crippen LogP contribution is 2.18. The molecule has 0 aliphatic heterocycles. The van der Waals surface area contributed by atoms with Gasteiger partial charge < -0.3 is 15.3 Å². The Hall–Kier alpha value is -2.44. The van der Waals surface area contributed by atoms with Crippen LogP contribution in [0.1, 0.15) is 6.92 Å². The van der Waals surface area contributed by atoms with Gasteiger partial charge in [-0.15, -0.1) is 16.5 Å². The first-order chi connectivity index (χ1) is 12.6. The maximum absolute atomic E-state index is 12.7. The number of nitrogens with zero attached hydrogens (tertiary/aromatic N) is 1. The van der Waals surface area contributed by atoms with Gasteiger partial charge >= 0.3 is 5.56 Å². The van der Waals surface area contributed by atoms with Crippen LogP contribution >= 0.6 is 11.8 Å². The molecule has 3 rings (SSSR count). The number of aromatic nitrogens is 1. The number of fused-ring (bicyclic) bond motifs is 1. The average Bonchev–Trinajstić information content (AvgIpc) is 2.65. The van der Waals surface area contributed by atoms with Crippen molar-refractivity contribution in [2.45, 2.75) is 17.9 Å². The third-order valence-electron chi connectivity index (χ3n) is 3.74. The minimum absolute atomic E-state index is 0.0528. The van der Waals surface area contributed by atoms with Crippen LogP contribution in [-0.4, -0.2) is 34.8 Å². The lowest BCUT2D eigenvalue weighted by Crippen LogP contribution is -2.32. The van der Waals surface area contributed by atoms with Crippen molar-refractivity contribution in [3.05, 3.63) is 71.0 Å². The fourth-order valence-electron chi connectivity index (χ4n) is 2.54. The molecule has 1 atom stereocenters. The summed E-state index contributed by atoms with van der Waals surface area (Å²) in [7, 11) is 0. The standard InChI is InChI=1S/C20H22N2O3S/c1-15(23)14-25-22-19-10-6-5-7-16(19)13-18(20(22)24)21-11-12-26-17-8-3-2-4-9-17/h2-10,13,15,21,23H,11-12,14H2,1H3. The largest absolute Gasteiger partial charge is 0.407 e. The molecule has 136 valence electrons. The van der Waals surface area contributed by atoms with Crippen LogP contribution in [0.25, 0.3) is 10.9 Å². The SMILES string of the molecule is CC(O)COn1c(=O)c(NCCSc2ccccc2)cc2ccccc21. The third kappa shape index (κ3) is 4.59. The van der Waals surface area contributed by atoms with E-state index in [9.17, 15) is 9.90 Å². The van der Waals surface area contributed by atoms with E-state index in [1.807, 2.05) is 48.5 Å². The van der Waals surface area contributed by atoms with Crippen LogP contribution in [-0.2, 0) is 0 Å². The molecule has 0 aliphatic rings. The van der Waals surface area contributed by atoms with Crippen LogP contribution in [0.5, 0.6) is 0 Å². The summed E-state index contributed by atoms with van der Waals surface area (Å²) in [5.74, 6) is 0.838. The van der Waals surface area contributed by atoms with Crippen molar-refractivity contribution in [2.75, 3.05) is 24.2 Å². The van der Waals surface area contributed by atoms with Crippen LogP contribution in [0.15, 0.2) is 70.4 Å². The zero-order chi connectivity index (χ0) is 18.4. The Morgan fingerprint density at radius 1 is 1.15 bits per heavy atom. The summed E-state index contributed by atoms with van der Waals surface area (Å²) >= 11 is 1.73. The maximum Gasteiger partial charge on any atom is 0.306 e. The number of aliphatic hydroxyl groups excluding tert-OH is 1. The quantitative estimate of drug-likeness (QED) is 0.471. The Morgan fingerprint density at radius 3 is 2.65 bits per heavy atom. The predicted molar refractivity (Wildman–Crippen MR) is 107 cm³/mol. The van der Waals surface area contributed by atoms with Crippen molar-refractivity contribution < 1.29 is 9.94 Å². The summed E-state index contributed by atoms with van der Waals surface area (Å²) in [5.41, 5.74) is 0.916. The number of pyridine rings is 1. The fourth-order valence-corrected chi connectivity index (χ4v) is 3.33. The molecule has 0 aliphatic carbocycles. The summed E-state index contributed by atoms with van der Waals surface area (Å²) in [4.78, 5) is 19.5. The summed E-state index contributed by atoms with van der Waals surface area (Å²) in [6.45, 7) is 2.33. The van der Waals surface area contributed by atoms with Gasteiger partial charge in [0.15, 0.2) is 0 Å². The number of anilines is 1. The summed E-state index contributed by atoms with van der Waals surface area (Å²) in [5, 5.41) is 13.6. The second kappa shape index (κ2) is 8.78. The number of nitrogens with one attached hydrogen (secondary N) is 1. The molecule has 0 saturated carbocycles. The zero-order valence-electron chi connectivity index (χ0n) is 14.6. The van der Waals surface area contributed by atoms with Gasteiger partial charge in [0.1, 0.15) is 12.3 Å². The molecule has 0 amide bonds. The van der Waals surface area contributed by atoms with E-state index >= 15 is 0 Å². The highest BCUT2D eigenvalue weighted by molar-refractivity contribution is 7.99. The van der Waals surface area contributed by atoms with Gasteiger partial charge in [-0.05, 0) is 31.2 Å². The Balaban J connectivity index is 1.75. The van der Waals surface area contributed by atoms with Crippen molar-refractivity contribution in [3.63, 3.8) is 0 Å². The molecule has 1 aromatic heterocycles. The molecule has 6 heteroatoms. The van der Waals surface area contributed by atoms with Crippen LogP contribution < -0.4 is 15.7 Å². The zero-order valence-corrected chi connectivity index (χ0v) is 15.4. The van der Waals surface area contributed by atoms with Gasteiger partial charge in [-0.1, -0.05) is 36.4 Å². The number of thioether (sulfide) groups is 1.